The Kier molecular flexibility index (Phi) is 7.15. The van der Waals surface area contributed by atoms with E-state index in [2.05, 4.69) is 20.3 Å². The molecule has 1 aliphatic rings. The number of benzene rings is 1. The Hall–Kier alpha value is -3.34. The van der Waals surface area contributed by atoms with E-state index in [1.807, 2.05) is 13.8 Å². The number of nitrogens with one attached hydrogen (secondary N) is 1. The van der Waals surface area contributed by atoms with Crippen molar-refractivity contribution in [3.05, 3.63) is 65.5 Å². The van der Waals surface area contributed by atoms with Crippen molar-refractivity contribution in [1.29, 1.82) is 0 Å². The summed E-state index contributed by atoms with van der Waals surface area (Å²) in [4.78, 5) is 12.5. The smallest absolute Gasteiger partial charge is 0.316 e. The minimum absolute atomic E-state index is 0.0251. The second-order valence-corrected chi connectivity index (χ2v) is 8.45. The summed E-state index contributed by atoms with van der Waals surface area (Å²) in [5.41, 5.74) is 1.09. The van der Waals surface area contributed by atoms with Crippen LogP contribution < -0.4 is 10.1 Å². The number of anilines is 1. The molecule has 4 rings (SSSR count). The van der Waals surface area contributed by atoms with Gasteiger partial charge in [-0.1, -0.05) is 0 Å². The number of ether oxygens (including phenoxy) is 2. The van der Waals surface area contributed by atoms with E-state index in [0.717, 1.165) is 6.07 Å². The van der Waals surface area contributed by atoms with Gasteiger partial charge in [-0.25, -0.2) is 31.9 Å². The van der Waals surface area contributed by atoms with Crippen molar-refractivity contribution in [2.45, 2.75) is 51.4 Å². The van der Waals surface area contributed by atoms with Gasteiger partial charge < -0.3 is 14.8 Å². The average molecular weight is 494 g/mol. The molecule has 186 valence electrons. The lowest BCUT2D eigenvalue weighted by molar-refractivity contribution is -0.146. The number of aromatic nitrogens is 3. The minimum Gasteiger partial charge on any atom is -0.461 e. The molecular formula is C24H23F5N4O2. The SMILES string of the molecule is CC(C)Oc1ncc(CNc2c(-c3cc(F)c(F)cc3F)ccnc2C2CCC(F)(F)CO2)cn1. The second kappa shape index (κ2) is 10.1. The fraction of sp³-hybridized carbons (Fsp3) is 0.375. The largest absolute Gasteiger partial charge is 0.461 e. The molecule has 2 aromatic heterocycles. The van der Waals surface area contributed by atoms with E-state index in [1.54, 1.807) is 0 Å². The van der Waals surface area contributed by atoms with Gasteiger partial charge in [-0.3, -0.25) is 4.98 Å². The lowest BCUT2D eigenvalue weighted by Crippen LogP contribution is -2.31. The Bertz CT molecular complexity index is 1180. The van der Waals surface area contributed by atoms with Crippen molar-refractivity contribution in [1.82, 2.24) is 15.0 Å². The fourth-order valence-corrected chi connectivity index (χ4v) is 3.69. The molecule has 1 atom stereocenters. The van der Waals surface area contributed by atoms with Gasteiger partial charge in [0.2, 0.25) is 0 Å². The molecule has 0 radical (unpaired) electrons. The maximum atomic E-state index is 14.7. The van der Waals surface area contributed by atoms with Gasteiger partial charge in [-0.15, -0.1) is 0 Å². The Balaban J connectivity index is 1.69. The first-order chi connectivity index (χ1) is 16.6. The van der Waals surface area contributed by atoms with Crippen molar-refractivity contribution in [2.75, 3.05) is 11.9 Å². The summed E-state index contributed by atoms with van der Waals surface area (Å²) in [5.74, 6) is -6.49. The molecule has 0 saturated carbocycles. The van der Waals surface area contributed by atoms with Gasteiger partial charge in [0.1, 0.15) is 18.5 Å². The number of alkyl halides is 2. The van der Waals surface area contributed by atoms with E-state index in [1.165, 1.54) is 24.7 Å². The molecular weight excluding hydrogens is 471 g/mol. The minimum atomic E-state index is -2.95. The van der Waals surface area contributed by atoms with Crippen molar-refractivity contribution in [3.8, 4) is 17.1 Å². The van der Waals surface area contributed by atoms with Gasteiger partial charge in [0.15, 0.2) is 11.6 Å². The van der Waals surface area contributed by atoms with E-state index in [4.69, 9.17) is 9.47 Å². The zero-order valence-electron chi connectivity index (χ0n) is 19.0. The Morgan fingerprint density at radius 2 is 1.77 bits per heavy atom. The number of halogens is 5. The Morgan fingerprint density at radius 3 is 2.43 bits per heavy atom. The predicted molar refractivity (Wildman–Crippen MR) is 118 cm³/mol. The van der Waals surface area contributed by atoms with Crippen LogP contribution in [0.25, 0.3) is 11.1 Å². The van der Waals surface area contributed by atoms with Crippen LogP contribution in [0.15, 0.2) is 36.8 Å². The highest BCUT2D eigenvalue weighted by Gasteiger charge is 2.38. The van der Waals surface area contributed by atoms with Gasteiger partial charge in [-0.2, -0.15) is 0 Å². The van der Waals surface area contributed by atoms with Gasteiger partial charge in [-0.05, 0) is 32.4 Å². The van der Waals surface area contributed by atoms with Crippen LogP contribution in [0.2, 0.25) is 0 Å². The van der Waals surface area contributed by atoms with E-state index in [9.17, 15) is 22.0 Å². The Morgan fingerprint density at radius 1 is 1.06 bits per heavy atom. The molecule has 1 unspecified atom stereocenters. The van der Waals surface area contributed by atoms with Crippen molar-refractivity contribution >= 4 is 5.69 Å². The molecule has 3 heterocycles. The molecule has 1 saturated heterocycles. The summed E-state index contributed by atoms with van der Waals surface area (Å²) in [6, 6.07) is 2.82. The van der Waals surface area contributed by atoms with Crippen LogP contribution in [0.5, 0.6) is 6.01 Å². The lowest BCUT2D eigenvalue weighted by Gasteiger charge is -2.30. The van der Waals surface area contributed by atoms with Crippen LogP contribution in [0.4, 0.5) is 27.6 Å². The van der Waals surface area contributed by atoms with Gasteiger partial charge in [0, 0.05) is 54.3 Å². The number of pyridine rings is 1. The average Bonchev–Trinajstić information content (AvgIpc) is 2.81. The summed E-state index contributed by atoms with van der Waals surface area (Å²) in [6.45, 7) is 3.03. The van der Waals surface area contributed by atoms with Gasteiger partial charge >= 0.3 is 6.01 Å². The number of hydrogen-bond donors (Lipinski definition) is 1. The highest BCUT2D eigenvalue weighted by Crippen LogP contribution is 2.41. The second-order valence-electron chi connectivity index (χ2n) is 8.45. The van der Waals surface area contributed by atoms with Crippen molar-refractivity contribution in [2.24, 2.45) is 0 Å². The third-order valence-corrected chi connectivity index (χ3v) is 5.35. The van der Waals surface area contributed by atoms with Crippen LogP contribution in [0.1, 0.15) is 44.1 Å². The monoisotopic (exact) mass is 494 g/mol. The molecule has 11 heteroatoms. The van der Waals surface area contributed by atoms with Crippen LogP contribution in [-0.2, 0) is 11.3 Å². The van der Waals surface area contributed by atoms with Crippen molar-refractivity contribution < 1.29 is 31.4 Å². The highest BCUT2D eigenvalue weighted by molar-refractivity contribution is 5.80. The molecule has 1 fully saturated rings. The first-order valence-electron chi connectivity index (χ1n) is 11.0. The van der Waals surface area contributed by atoms with E-state index in [0.29, 0.717) is 11.6 Å². The third-order valence-electron chi connectivity index (χ3n) is 5.35. The maximum absolute atomic E-state index is 14.7. The van der Waals surface area contributed by atoms with Crippen LogP contribution >= 0.6 is 0 Å². The molecule has 1 aliphatic heterocycles. The standard InChI is InChI=1S/C24H23F5N4O2/c1-13(2)35-23-32-10-14(11-33-23)9-31-21-15(16-7-18(26)19(27)8-17(16)25)4-6-30-22(21)20-3-5-24(28,29)12-34-20/h4,6-8,10-11,13,20,31H,3,5,9,12H2,1-2H3. The Labute approximate surface area is 198 Å². The molecule has 0 bridgehead atoms. The van der Waals surface area contributed by atoms with E-state index in [-0.39, 0.29) is 47.6 Å². The first kappa shape index (κ1) is 24.8. The third kappa shape index (κ3) is 5.84. The van der Waals surface area contributed by atoms with Gasteiger partial charge in [0.05, 0.1) is 17.5 Å². The zero-order valence-corrected chi connectivity index (χ0v) is 19.0. The zero-order chi connectivity index (χ0) is 25.2. The lowest BCUT2D eigenvalue weighted by atomic mass is 9.97. The molecule has 35 heavy (non-hydrogen) atoms. The molecule has 1 aromatic carbocycles. The number of rotatable bonds is 7. The molecule has 0 spiro atoms. The van der Waals surface area contributed by atoms with Crippen LogP contribution in [0, 0.1) is 17.5 Å². The number of hydrogen-bond acceptors (Lipinski definition) is 6. The van der Waals surface area contributed by atoms with Crippen LogP contribution in [-0.4, -0.2) is 33.6 Å². The number of nitrogens with zero attached hydrogens (tertiary/aromatic N) is 3. The van der Waals surface area contributed by atoms with Crippen LogP contribution in [0.3, 0.4) is 0 Å². The topological polar surface area (TPSA) is 69.2 Å². The molecule has 6 nitrogen and oxygen atoms in total. The first-order valence-corrected chi connectivity index (χ1v) is 11.0. The molecule has 1 N–H and O–H groups in total. The summed E-state index contributed by atoms with van der Waals surface area (Å²) in [6.07, 6.45) is 3.06. The predicted octanol–water partition coefficient (Wildman–Crippen LogP) is 5.84. The van der Waals surface area contributed by atoms with E-state index >= 15 is 0 Å². The fourth-order valence-electron chi connectivity index (χ4n) is 3.69. The summed E-state index contributed by atoms with van der Waals surface area (Å²) in [7, 11) is 0. The van der Waals surface area contributed by atoms with E-state index < -0.39 is 42.5 Å². The summed E-state index contributed by atoms with van der Waals surface area (Å²) in [5, 5.41) is 3.10. The molecule has 0 amide bonds. The summed E-state index contributed by atoms with van der Waals surface area (Å²) < 4.78 is 80.3. The highest BCUT2D eigenvalue weighted by atomic mass is 19.3. The van der Waals surface area contributed by atoms with Gasteiger partial charge in [0.25, 0.3) is 5.92 Å². The quantitative estimate of drug-likeness (QED) is 0.329. The normalized spacial score (nSPS) is 17.4. The van der Waals surface area contributed by atoms with Crippen molar-refractivity contribution in [3.63, 3.8) is 0 Å². The molecule has 0 aliphatic carbocycles. The molecule has 3 aromatic rings. The maximum Gasteiger partial charge on any atom is 0.316 e. The summed E-state index contributed by atoms with van der Waals surface area (Å²) >= 11 is 0.